The van der Waals surface area contributed by atoms with Gasteiger partial charge in [0.15, 0.2) is 11.3 Å². The molecule has 0 bridgehead atoms. The molecular weight excluding hydrogens is 384 g/mol. The third kappa shape index (κ3) is 4.79. The van der Waals surface area contributed by atoms with Crippen molar-refractivity contribution >= 4 is 23.0 Å². The third-order valence-corrected chi connectivity index (χ3v) is 5.25. The number of allylic oxidation sites excluding steroid dienone is 4. The molecule has 0 saturated carbocycles. The molecule has 0 unspecified atom stereocenters. The molecule has 0 atom stereocenters. The molecule has 31 heavy (non-hydrogen) atoms. The minimum Gasteiger partial charge on any atom is -0.454 e. The summed E-state index contributed by atoms with van der Waals surface area (Å²) >= 11 is 0. The first-order valence-electron chi connectivity index (χ1n) is 10.3. The maximum Gasteiger partial charge on any atom is 0.172 e. The van der Waals surface area contributed by atoms with Gasteiger partial charge in [-0.25, -0.2) is 0 Å². The predicted octanol–water partition coefficient (Wildman–Crippen LogP) is 5.39. The topological polar surface area (TPSA) is 63.3 Å². The molecule has 0 spiro atoms. The van der Waals surface area contributed by atoms with Crippen LogP contribution in [0.5, 0.6) is 5.75 Å². The fourth-order valence-corrected chi connectivity index (χ4v) is 3.45. The first kappa shape index (κ1) is 21.7. The number of hydrogen-bond acceptors (Lipinski definition) is 5. The van der Waals surface area contributed by atoms with E-state index in [-0.39, 0.29) is 11.3 Å². The molecule has 0 aliphatic carbocycles. The van der Waals surface area contributed by atoms with Gasteiger partial charge in [0, 0.05) is 50.2 Å². The quantitative estimate of drug-likeness (QED) is 0.598. The monoisotopic (exact) mass is 410 g/mol. The number of rotatable bonds is 6. The number of benzene rings is 2. The highest BCUT2D eigenvalue weighted by Gasteiger charge is 2.20. The van der Waals surface area contributed by atoms with E-state index < -0.39 is 0 Å². The molecule has 0 N–H and O–H groups in total. The minimum atomic E-state index is -0.0415. The highest BCUT2D eigenvalue weighted by molar-refractivity contribution is 5.86. The van der Waals surface area contributed by atoms with Crippen molar-refractivity contribution in [3.05, 3.63) is 77.1 Å². The summed E-state index contributed by atoms with van der Waals surface area (Å²) < 4.78 is 5.97. The van der Waals surface area contributed by atoms with Gasteiger partial charge in [-0.15, -0.1) is 0 Å². The van der Waals surface area contributed by atoms with Crippen molar-refractivity contribution in [1.29, 1.82) is 10.5 Å². The van der Waals surface area contributed by atoms with E-state index >= 15 is 0 Å². The molecule has 5 nitrogen and oxygen atoms in total. The van der Waals surface area contributed by atoms with Gasteiger partial charge in [0.1, 0.15) is 17.9 Å². The second-order valence-corrected chi connectivity index (χ2v) is 7.34. The molecule has 1 aliphatic rings. The van der Waals surface area contributed by atoms with Gasteiger partial charge >= 0.3 is 0 Å². The van der Waals surface area contributed by atoms with Crippen LogP contribution in [-0.2, 0) is 0 Å². The molecule has 0 fully saturated rings. The van der Waals surface area contributed by atoms with Crippen LogP contribution in [0.2, 0.25) is 0 Å². The van der Waals surface area contributed by atoms with E-state index in [4.69, 9.17) is 4.74 Å². The van der Waals surface area contributed by atoms with Crippen LogP contribution in [0, 0.1) is 22.7 Å². The summed E-state index contributed by atoms with van der Waals surface area (Å²) in [5.74, 6) is 0.921. The normalized spacial score (nSPS) is 12.3. The van der Waals surface area contributed by atoms with Gasteiger partial charge in [-0.05, 0) is 55.3 Å². The minimum absolute atomic E-state index is 0.0415. The highest BCUT2D eigenvalue weighted by atomic mass is 16.5. The molecular formula is C26H26N4O. The Bertz CT molecular complexity index is 1110. The number of nitriles is 2. The van der Waals surface area contributed by atoms with Crippen LogP contribution >= 0.6 is 0 Å². The lowest BCUT2D eigenvalue weighted by Gasteiger charge is -2.25. The summed E-state index contributed by atoms with van der Waals surface area (Å²) in [6, 6.07) is 18.2. The Kier molecular flexibility index (Phi) is 6.80. The lowest BCUT2D eigenvalue weighted by Crippen LogP contribution is -2.22. The molecule has 2 aromatic carbocycles. The maximum absolute atomic E-state index is 9.34. The summed E-state index contributed by atoms with van der Waals surface area (Å²) in [6.45, 7) is 5.97. The van der Waals surface area contributed by atoms with Gasteiger partial charge in [-0.3, -0.25) is 0 Å². The van der Waals surface area contributed by atoms with Gasteiger partial charge in [0.2, 0.25) is 0 Å². The van der Waals surface area contributed by atoms with E-state index in [1.54, 1.807) is 6.08 Å². The Balaban J connectivity index is 2.04. The molecule has 156 valence electrons. The smallest absolute Gasteiger partial charge is 0.172 e. The summed E-state index contributed by atoms with van der Waals surface area (Å²) in [7, 11) is 4.02. The Labute approximate surface area is 184 Å². The Morgan fingerprint density at radius 3 is 2.16 bits per heavy atom. The fraction of sp³-hybridized carbons (Fsp3) is 0.231. The summed E-state index contributed by atoms with van der Waals surface area (Å²) in [5.41, 5.74) is 5.02. The standard InChI is InChI=1S/C26H26N4O/c1-5-30(6-2)23-13-14-24-20(10-7-19-8-11-22(12-9-19)29(3)4)15-25(21(17-27)18-28)31-26(24)16-23/h7-16H,5-6H2,1-4H3/b10-7+. The van der Waals surface area contributed by atoms with Crippen LogP contribution in [0.3, 0.4) is 0 Å². The summed E-state index contributed by atoms with van der Waals surface area (Å²) in [6.07, 6.45) is 5.77. The van der Waals surface area contributed by atoms with Crippen LogP contribution in [0.1, 0.15) is 25.0 Å². The number of nitrogens with zero attached hydrogens (tertiary/aromatic N) is 4. The summed E-state index contributed by atoms with van der Waals surface area (Å²) in [5, 5.41) is 18.7. The summed E-state index contributed by atoms with van der Waals surface area (Å²) in [4.78, 5) is 4.28. The first-order chi connectivity index (χ1) is 15.0. The van der Waals surface area contributed by atoms with Crippen LogP contribution in [0.15, 0.2) is 65.9 Å². The van der Waals surface area contributed by atoms with Crippen molar-refractivity contribution in [2.75, 3.05) is 37.0 Å². The Morgan fingerprint density at radius 1 is 0.935 bits per heavy atom. The first-order valence-corrected chi connectivity index (χ1v) is 10.3. The van der Waals surface area contributed by atoms with E-state index in [9.17, 15) is 10.5 Å². The molecule has 0 aromatic heterocycles. The molecule has 0 amide bonds. The van der Waals surface area contributed by atoms with E-state index in [0.717, 1.165) is 41.2 Å². The zero-order chi connectivity index (χ0) is 22.4. The van der Waals surface area contributed by atoms with Crippen molar-refractivity contribution in [1.82, 2.24) is 0 Å². The van der Waals surface area contributed by atoms with Crippen molar-refractivity contribution in [3.8, 4) is 17.9 Å². The molecule has 0 radical (unpaired) electrons. The van der Waals surface area contributed by atoms with Gasteiger partial charge in [-0.1, -0.05) is 24.3 Å². The fourth-order valence-electron chi connectivity index (χ4n) is 3.45. The van der Waals surface area contributed by atoms with Crippen molar-refractivity contribution in [3.63, 3.8) is 0 Å². The van der Waals surface area contributed by atoms with Crippen molar-refractivity contribution in [2.24, 2.45) is 0 Å². The second-order valence-electron chi connectivity index (χ2n) is 7.34. The van der Waals surface area contributed by atoms with Gasteiger partial charge in [-0.2, -0.15) is 10.5 Å². The van der Waals surface area contributed by atoms with Gasteiger partial charge in [0.25, 0.3) is 0 Å². The van der Waals surface area contributed by atoms with Crippen LogP contribution in [0.25, 0.3) is 11.6 Å². The number of ether oxygens (including phenoxy) is 1. The highest BCUT2D eigenvalue weighted by Crippen LogP contribution is 2.38. The average Bonchev–Trinajstić information content (AvgIpc) is 2.79. The molecule has 1 heterocycles. The average molecular weight is 411 g/mol. The number of hydrogen-bond donors (Lipinski definition) is 0. The predicted molar refractivity (Wildman–Crippen MR) is 127 cm³/mol. The second kappa shape index (κ2) is 9.69. The lowest BCUT2D eigenvalue weighted by atomic mass is 9.98. The Morgan fingerprint density at radius 2 is 1.58 bits per heavy atom. The van der Waals surface area contributed by atoms with E-state index in [1.807, 2.05) is 50.5 Å². The molecule has 3 rings (SSSR count). The third-order valence-electron chi connectivity index (χ3n) is 5.25. The van der Waals surface area contributed by atoms with Crippen LogP contribution in [-0.4, -0.2) is 27.2 Å². The SMILES string of the molecule is CCN(CC)c1ccc2c(c1)OC(=C(C#N)C#N)C=C2/C=C/c1ccc(N(C)C)cc1. The van der Waals surface area contributed by atoms with Gasteiger partial charge in [0.05, 0.1) is 0 Å². The lowest BCUT2D eigenvalue weighted by molar-refractivity contribution is 0.436. The van der Waals surface area contributed by atoms with E-state index in [1.165, 1.54) is 0 Å². The van der Waals surface area contributed by atoms with Crippen LogP contribution in [0.4, 0.5) is 11.4 Å². The largest absolute Gasteiger partial charge is 0.454 e. The maximum atomic E-state index is 9.34. The number of fused-ring (bicyclic) bond motifs is 1. The Hall–Kier alpha value is -3.96. The van der Waals surface area contributed by atoms with Crippen molar-refractivity contribution in [2.45, 2.75) is 13.8 Å². The van der Waals surface area contributed by atoms with Crippen LogP contribution < -0.4 is 14.5 Å². The van der Waals surface area contributed by atoms with E-state index in [2.05, 4.69) is 54.0 Å². The van der Waals surface area contributed by atoms with Crippen molar-refractivity contribution < 1.29 is 4.74 Å². The molecule has 0 saturated heterocycles. The number of anilines is 2. The van der Waals surface area contributed by atoms with Gasteiger partial charge < -0.3 is 14.5 Å². The molecule has 1 aliphatic heterocycles. The zero-order valence-corrected chi connectivity index (χ0v) is 18.4. The van der Waals surface area contributed by atoms with E-state index in [0.29, 0.717) is 5.75 Å². The molecule has 5 heteroatoms. The zero-order valence-electron chi connectivity index (χ0n) is 18.4. The molecule has 2 aromatic rings.